The van der Waals surface area contributed by atoms with Crippen molar-refractivity contribution in [2.24, 2.45) is 0 Å². The smallest absolute Gasteiger partial charge is 0.133 e. The highest BCUT2D eigenvalue weighted by Crippen LogP contribution is 2.25. The highest BCUT2D eigenvalue weighted by Gasteiger charge is 2.13. The number of H-pyrrole nitrogens is 1. The zero-order chi connectivity index (χ0) is 10.1. The summed E-state index contributed by atoms with van der Waals surface area (Å²) in [6.07, 6.45) is -0.605. The van der Waals surface area contributed by atoms with Gasteiger partial charge in [0.1, 0.15) is 6.23 Å². The van der Waals surface area contributed by atoms with Crippen molar-refractivity contribution in [1.29, 1.82) is 0 Å². The lowest BCUT2D eigenvalue weighted by molar-refractivity contribution is 0.150. The molecular weight excluding hydrogens is 176 g/mol. The lowest BCUT2D eigenvalue weighted by Crippen LogP contribution is -2.15. The van der Waals surface area contributed by atoms with Crippen molar-refractivity contribution in [1.82, 2.24) is 10.3 Å². The van der Waals surface area contributed by atoms with Crippen LogP contribution in [0.15, 0.2) is 24.3 Å². The van der Waals surface area contributed by atoms with Crippen LogP contribution in [0.2, 0.25) is 0 Å². The van der Waals surface area contributed by atoms with E-state index in [1.807, 2.05) is 31.2 Å². The first-order valence-electron chi connectivity index (χ1n) is 4.66. The van der Waals surface area contributed by atoms with Gasteiger partial charge in [0.05, 0.1) is 0 Å². The van der Waals surface area contributed by atoms with Crippen LogP contribution in [0.5, 0.6) is 0 Å². The minimum absolute atomic E-state index is 0.605. The summed E-state index contributed by atoms with van der Waals surface area (Å²) in [6, 6.07) is 7.97. The molecule has 1 aromatic carbocycles. The third-order valence-electron chi connectivity index (χ3n) is 2.49. The van der Waals surface area contributed by atoms with Crippen LogP contribution >= 0.6 is 0 Å². The van der Waals surface area contributed by atoms with Crippen molar-refractivity contribution in [3.05, 3.63) is 35.5 Å². The SMILES string of the molecule is CNC(O)c1c(C)[nH]c2ccccc12. The molecule has 0 saturated carbocycles. The fourth-order valence-electron chi connectivity index (χ4n) is 1.80. The summed E-state index contributed by atoms with van der Waals surface area (Å²) in [6.45, 7) is 1.97. The number of para-hydroxylation sites is 1. The summed E-state index contributed by atoms with van der Waals surface area (Å²) < 4.78 is 0. The molecule has 1 heterocycles. The molecule has 0 spiro atoms. The minimum atomic E-state index is -0.605. The number of aryl methyl sites for hydroxylation is 1. The second-order valence-electron chi connectivity index (χ2n) is 3.40. The van der Waals surface area contributed by atoms with Crippen LogP contribution < -0.4 is 5.32 Å². The number of aliphatic hydroxyl groups excluding tert-OH is 1. The van der Waals surface area contributed by atoms with Gasteiger partial charge in [-0.15, -0.1) is 0 Å². The topological polar surface area (TPSA) is 48.0 Å². The second-order valence-corrected chi connectivity index (χ2v) is 3.40. The fourth-order valence-corrected chi connectivity index (χ4v) is 1.80. The van der Waals surface area contributed by atoms with E-state index >= 15 is 0 Å². The Morgan fingerprint density at radius 1 is 1.36 bits per heavy atom. The summed E-state index contributed by atoms with van der Waals surface area (Å²) >= 11 is 0. The largest absolute Gasteiger partial charge is 0.374 e. The molecule has 3 N–H and O–H groups in total. The van der Waals surface area contributed by atoms with E-state index in [0.717, 1.165) is 22.2 Å². The monoisotopic (exact) mass is 190 g/mol. The van der Waals surface area contributed by atoms with E-state index in [1.165, 1.54) is 0 Å². The molecule has 74 valence electrons. The van der Waals surface area contributed by atoms with E-state index in [-0.39, 0.29) is 0 Å². The zero-order valence-corrected chi connectivity index (χ0v) is 8.33. The summed E-state index contributed by atoms with van der Waals surface area (Å²) in [7, 11) is 1.74. The highest BCUT2D eigenvalue weighted by atomic mass is 16.3. The van der Waals surface area contributed by atoms with Gasteiger partial charge in [0.15, 0.2) is 0 Å². The quantitative estimate of drug-likeness (QED) is 0.631. The first-order chi connectivity index (χ1) is 6.74. The van der Waals surface area contributed by atoms with Gasteiger partial charge in [-0.3, -0.25) is 5.32 Å². The van der Waals surface area contributed by atoms with E-state index in [9.17, 15) is 5.11 Å². The molecule has 0 bridgehead atoms. The van der Waals surface area contributed by atoms with E-state index < -0.39 is 6.23 Å². The molecule has 0 radical (unpaired) electrons. The highest BCUT2D eigenvalue weighted by molar-refractivity contribution is 5.84. The van der Waals surface area contributed by atoms with E-state index in [0.29, 0.717) is 0 Å². The normalized spacial score (nSPS) is 13.4. The van der Waals surface area contributed by atoms with Crippen LogP contribution in [0.25, 0.3) is 10.9 Å². The lowest BCUT2D eigenvalue weighted by Gasteiger charge is -2.09. The van der Waals surface area contributed by atoms with Crippen molar-refractivity contribution >= 4 is 10.9 Å². The number of benzene rings is 1. The van der Waals surface area contributed by atoms with Crippen LogP contribution in [0.4, 0.5) is 0 Å². The summed E-state index contributed by atoms with van der Waals surface area (Å²) in [4.78, 5) is 3.24. The zero-order valence-electron chi connectivity index (χ0n) is 8.33. The number of nitrogens with one attached hydrogen (secondary N) is 2. The van der Waals surface area contributed by atoms with Crippen molar-refractivity contribution in [3.8, 4) is 0 Å². The van der Waals surface area contributed by atoms with Crippen molar-refractivity contribution in [3.63, 3.8) is 0 Å². The molecule has 2 rings (SSSR count). The maximum Gasteiger partial charge on any atom is 0.133 e. The molecule has 0 aliphatic rings. The summed E-state index contributed by atoms with van der Waals surface area (Å²) in [5.74, 6) is 0. The van der Waals surface area contributed by atoms with Gasteiger partial charge in [0.2, 0.25) is 0 Å². The molecule has 2 aromatic rings. The van der Waals surface area contributed by atoms with E-state index in [4.69, 9.17) is 0 Å². The minimum Gasteiger partial charge on any atom is -0.374 e. The van der Waals surface area contributed by atoms with Gasteiger partial charge in [-0.25, -0.2) is 0 Å². The number of aromatic amines is 1. The second kappa shape index (κ2) is 3.44. The van der Waals surface area contributed by atoms with Crippen LogP contribution in [-0.4, -0.2) is 17.1 Å². The van der Waals surface area contributed by atoms with Gasteiger partial charge in [0, 0.05) is 22.2 Å². The number of fused-ring (bicyclic) bond motifs is 1. The first-order valence-corrected chi connectivity index (χ1v) is 4.66. The molecule has 1 atom stereocenters. The Bertz CT molecular complexity index is 447. The Morgan fingerprint density at radius 2 is 2.07 bits per heavy atom. The average molecular weight is 190 g/mol. The third kappa shape index (κ3) is 1.31. The van der Waals surface area contributed by atoms with E-state index in [1.54, 1.807) is 7.05 Å². The van der Waals surface area contributed by atoms with Crippen LogP contribution in [0.3, 0.4) is 0 Å². The van der Waals surface area contributed by atoms with Crippen LogP contribution in [0, 0.1) is 6.92 Å². The van der Waals surface area contributed by atoms with Crippen LogP contribution in [0.1, 0.15) is 17.5 Å². The van der Waals surface area contributed by atoms with Crippen LogP contribution in [-0.2, 0) is 0 Å². The summed E-state index contributed by atoms with van der Waals surface area (Å²) in [5, 5.41) is 13.7. The number of aromatic nitrogens is 1. The van der Waals surface area contributed by atoms with Gasteiger partial charge < -0.3 is 10.1 Å². The molecular formula is C11H14N2O. The molecule has 14 heavy (non-hydrogen) atoms. The Labute approximate surface area is 82.8 Å². The Balaban J connectivity index is 2.67. The number of aliphatic hydroxyl groups is 1. The van der Waals surface area contributed by atoms with Crippen molar-refractivity contribution in [2.45, 2.75) is 13.2 Å². The lowest BCUT2D eigenvalue weighted by atomic mass is 10.1. The van der Waals surface area contributed by atoms with Gasteiger partial charge >= 0.3 is 0 Å². The fraction of sp³-hybridized carbons (Fsp3) is 0.273. The third-order valence-corrected chi connectivity index (χ3v) is 2.49. The molecule has 1 unspecified atom stereocenters. The molecule has 0 fully saturated rings. The van der Waals surface area contributed by atoms with Gasteiger partial charge in [-0.05, 0) is 20.0 Å². The molecule has 0 amide bonds. The Hall–Kier alpha value is -1.32. The molecule has 0 aliphatic heterocycles. The average Bonchev–Trinajstić information content (AvgIpc) is 2.53. The standard InChI is InChI=1S/C11H14N2O/c1-7-10(11(14)12-2)8-5-3-4-6-9(8)13-7/h3-6,11-14H,1-2H3. The maximum absolute atomic E-state index is 9.77. The maximum atomic E-state index is 9.77. The molecule has 3 nitrogen and oxygen atoms in total. The molecule has 0 saturated heterocycles. The number of rotatable bonds is 2. The Kier molecular flexibility index (Phi) is 2.27. The van der Waals surface area contributed by atoms with Crippen molar-refractivity contribution in [2.75, 3.05) is 7.05 Å². The molecule has 1 aromatic heterocycles. The van der Waals surface area contributed by atoms with E-state index in [2.05, 4.69) is 10.3 Å². The van der Waals surface area contributed by atoms with Gasteiger partial charge in [0.25, 0.3) is 0 Å². The van der Waals surface area contributed by atoms with Gasteiger partial charge in [-0.2, -0.15) is 0 Å². The first kappa shape index (κ1) is 9.24. The summed E-state index contributed by atoms with van der Waals surface area (Å²) in [5.41, 5.74) is 3.01. The van der Waals surface area contributed by atoms with Crippen molar-refractivity contribution < 1.29 is 5.11 Å². The molecule has 0 aliphatic carbocycles. The predicted molar refractivity (Wildman–Crippen MR) is 57.1 cm³/mol. The Morgan fingerprint density at radius 3 is 2.79 bits per heavy atom. The number of hydrogen-bond donors (Lipinski definition) is 3. The van der Waals surface area contributed by atoms with Gasteiger partial charge in [-0.1, -0.05) is 18.2 Å². The predicted octanol–water partition coefficient (Wildman–Crippen LogP) is 1.69. The molecule has 3 heteroatoms. The number of hydrogen-bond acceptors (Lipinski definition) is 2.